The molecule has 0 atom stereocenters. The van der Waals surface area contributed by atoms with Crippen LogP contribution >= 0.6 is 15.9 Å². The number of nitrogens with two attached hydrogens (primary N) is 2. The van der Waals surface area contributed by atoms with Crippen LogP contribution < -0.4 is 16.2 Å². The van der Waals surface area contributed by atoms with Crippen LogP contribution in [-0.4, -0.2) is 8.42 Å². The summed E-state index contributed by atoms with van der Waals surface area (Å²) in [6.45, 7) is 0. The van der Waals surface area contributed by atoms with Gasteiger partial charge in [-0.3, -0.25) is 0 Å². The fraction of sp³-hybridized carbons (Fsp3) is 0. The van der Waals surface area contributed by atoms with Gasteiger partial charge in [0.2, 0.25) is 10.0 Å². The highest BCUT2D eigenvalue weighted by Gasteiger charge is 2.15. The van der Waals surface area contributed by atoms with Crippen molar-refractivity contribution >= 4 is 43.0 Å². The van der Waals surface area contributed by atoms with E-state index in [1.807, 2.05) is 0 Å². The van der Waals surface area contributed by atoms with Crippen LogP contribution in [0.15, 0.2) is 45.8 Å². The predicted molar refractivity (Wildman–Crippen MR) is 79.6 cm³/mol. The molecule has 20 heavy (non-hydrogen) atoms. The maximum absolute atomic E-state index is 13.0. The van der Waals surface area contributed by atoms with E-state index in [1.165, 1.54) is 30.3 Å². The van der Waals surface area contributed by atoms with Gasteiger partial charge in [0, 0.05) is 4.47 Å². The molecule has 0 fully saturated rings. The van der Waals surface area contributed by atoms with Crippen LogP contribution in [0.5, 0.6) is 0 Å². The Balaban J connectivity index is 2.45. The van der Waals surface area contributed by atoms with Crippen LogP contribution in [0.2, 0.25) is 0 Å². The van der Waals surface area contributed by atoms with Crippen LogP contribution in [0.4, 0.5) is 21.5 Å². The van der Waals surface area contributed by atoms with Crippen LogP contribution in [0, 0.1) is 5.82 Å². The summed E-state index contributed by atoms with van der Waals surface area (Å²) in [5.41, 5.74) is 6.70. The first kappa shape index (κ1) is 14.8. The van der Waals surface area contributed by atoms with Gasteiger partial charge in [-0.15, -0.1) is 0 Å². The van der Waals surface area contributed by atoms with Crippen molar-refractivity contribution in [2.24, 2.45) is 5.14 Å². The van der Waals surface area contributed by atoms with Gasteiger partial charge >= 0.3 is 0 Å². The lowest BCUT2D eigenvalue weighted by molar-refractivity contribution is 0.598. The Bertz CT molecular complexity index is 765. The molecule has 0 aliphatic carbocycles. The Morgan fingerprint density at radius 3 is 2.45 bits per heavy atom. The summed E-state index contributed by atoms with van der Waals surface area (Å²) < 4.78 is 36.3. The van der Waals surface area contributed by atoms with Crippen molar-refractivity contribution < 1.29 is 12.8 Å². The summed E-state index contributed by atoms with van der Waals surface area (Å²) in [6, 6.07) is 8.47. The molecule has 5 N–H and O–H groups in total. The Hall–Kier alpha value is -1.64. The van der Waals surface area contributed by atoms with Gasteiger partial charge in [-0.2, -0.15) is 0 Å². The second kappa shape index (κ2) is 5.39. The molecule has 0 spiro atoms. The van der Waals surface area contributed by atoms with Gasteiger partial charge in [0.25, 0.3) is 0 Å². The fourth-order valence-corrected chi connectivity index (χ4v) is 2.77. The average Bonchev–Trinajstić information content (AvgIpc) is 2.33. The third kappa shape index (κ3) is 3.09. The van der Waals surface area contributed by atoms with Crippen molar-refractivity contribution in [2.75, 3.05) is 11.1 Å². The highest BCUT2D eigenvalue weighted by molar-refractivity contribution is 9.10. The number of hydrogen-bond donors (Lipinski definition) is 3. The van der Waals surface area contributed by atoms with Crippen LogP contribution in [0.3, 0.4) is 0 Å². The molecule has 0 unspecified atom stereocenters. The van der Waals surface area contributed by atoms with E-state index in [9.17, 15) is 12.8 Å². The van der Waals surface area contributed by atoms with E-state index >= 15 is 0 Å². The molecule has 2 rings (SSSR count). The van der Waals surface area contributed by atoms with Crippen molar-refractivity contribution in [3.63, 3.8) is 0 Å². The highest BCUT2D eigenvalue weighted by Crippen LogP contribution is 2.31. The van der Waals surface area contributed by atoms with Crippen molar-refractivity contribution in [3.8, 4) is 0 Å². The van der Waals surface area contributed by atoms with Gasteiger partial charge in [0.15, 0.2) is 0 Å². The van der Waals surface area contributed by atoms with Gasteiger partial charge in [-0.05, 0) is 46.3 Å². The molecule has 0 saturated carbocycles. The molecule has 0 heterocycles. The molecule has 0 saturated heterocycles. The van der Waals surface area contributed by atoms with Crippen LogP contribution in [0.25, 0.3) is 0 Å². The van der Waals surface area contributed by atoms with Crippen molar-refractivity contribution in [2.45, 2.75) is 4.90 Å². The largest absolute Gasteiger partial charge is 0.396 e. The summed E-state index contributed by atoms with van der Waals surface area (Å²) in [6.07, 6.45) is 0. The van der Waals surface area contributed by atoms with E-state index in [0.29, 0.717) is 15.8 Å². The lowest BCUT2D eigenvalue weighted by Crippen LogP contribution is -2.15. The number of primary sulfonamides is 1. The first-order valence-corrected chi connectivity index (χ1v) is 7.76. The molecule has 0 amide bonds. The third-order valence-corrected chi connectivity index (χ3v) is 4.20. The van der Waals surface area contributed by atoms with E-state index < -0.39 is 15.8 Å². The zero-order valence-corrected chi connectivity index (χ0v) is 12.5. The minimum absolute atomic E-state index is 0.00576. The molecule has 0 aromatic heterocycles. The van der Waals surface area contributed by atoms with Gasteiger partial charge in [-0.25, -0.2) is 17.9 Å². The highest BCUT2D eigenvalue weighted by atomic mass is 79.9. The number of para-hydroxylation sites is 1. The first-order chi connectivity index (χ1) is 9.29. The number of nitrogen functional groups attached to an aromatic ring is 1. The monoisotopic (exact) mass is 359 g/mol. The summed E-state index contributed by atoms with van der Waals surface area (Å²) in [4.78, 5) is -0.166. The SMILES string of the molecule is Nc1c(Nc2ccc(F)cc2Br)cccc1S(N)(=O)=O. The summed E-state index contributed by atoms with van der Waals surface area (Å²) in [5, 5.41) is 8.00. The minimum Gasteiger partial charge on any atom is -0.396 e. The topological polar surface area (TPSA) is 98.2 Å². The van der Waals surface area contributed by atoms with E-state index in [0.717, 1.165) is 0 Å². The molecule has 2 aromatic rings. The minimum atomic E-state index is -3.90. The van der Waals surface area contributed by atoms with E-state index in [1.54, 1.807) is 6.07 Å². The van der Waals surface area contributed by atoms with Crippen LogP contribution in [-0.2, 0) is 10.0 Å². The number of sulfonamides is 1. The molecular weight excluding hydrogens is 349 g/mol. The third-order valence-electron chi connectivity index (χ3n) is 2.57. The van der Waals surface area contributed by atoms with Gasteiger partial charge in [-0.1, -0.05) is 6.07 Å². The molecule has 2 aromatic carbocycles. The lowest BCUT2D eigenvalue weighted by atomic mass is 10.2. The molecule has 8 heteroatoms. The Morgan fingerprint density at radius 2 is 1.85 bits per heavy atom. The fourth-order valence-electron chi connectivity index (χ4n) is 1.64. The predicted octanol–water partition coefficient (Wildman–Crippen LogP) is 2.56. The van der Waals surface area contributed by atoms with Crippen molar-refractivity contribution in [3.05, 3.63) is 46.7 Å². The quantitative estimate of drug-likeness (QED) is 0.733. The van der Waals surface area contributed by atoms with Crippen molar-refractivity contribution in [1.29, 1.82) is 0 Å². The van der Waals surface area contributed by atoms with Gasteiger partial charge < -0.3 is 11.1 Å². The Labute approximate surface area is 124 Å². The molecule has 0 bridgehead atoms. The van der Waals surface area contributed by atoms with Crippen molar-refractivity contribution in [1.82, 2.24) is 0 Å². The maximum atomic E-state index is 13.0. The molecule has 0 aliphatic rings. The molecule has 106 valence electrons. The second-order valence-corrected chi connectivity index (χ2v) is 6.40. The van der Waals surface area contributed by atoms with Gasteiger partial charge in [0.05, 0.1) is 17.1 Å². The lowest BCUT2D eigenvalue weighted by Gasteiger charge is -2.13. The number of hydrogen-bond acceptors (Lipinski definition) is 4. The molecule has 0 radical (unpaired) electrons. The zero-order chi connectivity index (χ0) is 14.9. The number of rotatable bonds is 3. The maximum Gasteiger partial charge on any atom is 0.240 e. The number of anilines is 3. The standard InChI is InChI=1S/C12H11BrFN3O2S/c13-8-6-7(14)4-5-9(8)17-10-2-1-3-11(12(10)15)20(16,18)19/h1-6,17H,15H2,(H2,16,18,19). The van der Waals surface area contributed by atoms with E-state index in [-0.39, 0.29) is 10.6 Å². The summed E-state index contributed by atoms with van der Waals surface area (Å²) in [5.74, 6) is -0.395. The molecular formula is C12H11BrFN3O2S. The van der Waals surface area contributed by atoms with Crippen LogP contribution in [0.1, 0.15) is 0 Å². The second-order valence-electron chi connectivity index (χ2n) is 4.01. The zero-order valence-electron chi connectivity index (χ0n) is 10.1. The van der Waals surface area contributed by atoms with E-state index in [2.05, 4.69) is 21.2 Å². The number of benzene rings is 2. The molecule has 5 nitrogen and oxygen atoms in total. The summed E-state index contributed by atoms with van der Waals surface area (Å²) >= 11 is 3.20. The Kier molecular flexibility index (Phi) is 3.98. The normalized spacial score (nSPS) is 11.3. The number of nitrogens with one attached hydrogen (secondary N) is 1. The average molecular weight is 360 g/mol. The van der Waals surface area contributed by atoms with E-state index in [4.69, 9.17) is 10.9 Å². The molecule has 0 aliphatic heterocycles. The smallest absolute Gasteiger partial charge is 0.240 e. The first-order valence-electron chi connectivity index (χ1n) is 5.42. The Morgan fingerprint density at radius 1 is 1.15 bits per heavy atom. The van der Waals surface area contributed by atoms with Gasteiger partial charge in [0.1, 0.15) is 10.7 Å². The number of halogens is 2. The summed E-state index contributed by atoms with van der Waals surface area (Å²) in [7, 11) is -3.90.